The van der Waals surface area contributed by atoms with Gasteiger partial charge in [0.15, 0.2) is 0 Å². The van der Waals surface area contributed by atoms with Gasteiger partial charge in [-0.3, -0.25) is 4.90 Å². The molecule has 0 aromatic heterocycles. The Balaban J connectivity index is 2.75. The summed E-state index contributed by atoms with van der Waals surface area (Å²) in [5.74, 6) is 0. The van der Waals surface area contributed by atoms with E-state index in [1.165, 1.54) is 11.1 Å². The van der Waals surface area contributed by atoms with E-state index in [1.807, 2.05) is 0 Å². The molecule has 1 aromatic carbocycles. The Bertz CT molecular complexity index is 386. The summed E-state index contributed by atoms with van der Waals surface area (Å²) in [6, 6.07) is 6.73. The normalized spacial score (nSPS) is 14.6. The van der Waals surface area contributed by atoms with Crippen LogP contribution in [0, 0.1) is 13.8 Å². The zero-order valence-electron chi connectivity index (χ0n) is 13.5. The van der Waals surface area contributed by atoms with E-state index in [2.05, 4.69) is 50.8 Å². The molecule has 0 saturated heterocycles. The fourth-order valence-corrected chi connectivity index (χ4v) is 2.49. The fraction of sp³-hybridized carbons (Fsp3) is 0.647. The van der Waals surface area contributed by atoms with E-state index in [-0.39, 0.29) is 0 Å². The maximum atomic E-state index is 10.5. The molecule has 1 rings (SSSR count). The zero-order valence-corrected chi connectivity index (χ0v) is 13.5. The second-order valence-corrected chi connectivity index (χ2v) is 5.68. The lowest BCUT2D eigenvalue weighted by molar-refractivity contribution is 0.0667. The Hall–Kier alpha value is -0.900. The Morgan fingerprint density at radius 3 is 2.30 bits per heavy atom. The fourth-order valence-electron chi connectivity index (χ4n) is 2.49. The molecule has 0 spiro atoms. The molecule has 0 aliphatic heterocycles. The number of benzene rings is 1. The summed E-state index contributed by atoms with van der Waals surface area (Å²) < 4.78 is 5.17. The van der Waals surface area contributed by atoms with E-state index in [0.29, 0.717) is 19.2 Å². The number of hydrogen-bond donors (Lipinski definition) is 1. The van der Waals surface area contributed by atoms with Gasteiger partial charge in [0.2, 0.25) is 0 Å². The maximum Gasteiger partial charge on any atom is 0.0917 e. The van der Waals surface area contributed by atoms with E-state index in [9.17, 15) is 5.11 Å². The van der Waals surface area contributed by atoms with Gasteiger partial charge in [-0.15, -0.1) is 0 Å². The van der Waals surface area contributed by atoms with E-state index < -0.39 is 6.10 Å². The van der Waals surface area contributed by atoms with Crippen LogP contribution in [-0.4, -0.2) is 42.9 Å². The molecule has 0 saturated carbocycles. The molecule has 1 N–H and O–H groups in total. The van der Waals surface area contributed by atoms with Crippen molar-refractivity contribution >= 4 is 0 Å². The SMILES string of the molecule is CCC(C)N(CCOC)CC(O)c1cc(C)cc(C)c1. The Morgan fingerprint density at radius 2 is 1.80 bits per heavy atom. The highest BCUT2D eigenvalue weighted by Gasteiger charge is 2.17. The largest absolute Gasteiger partial charge is 0.387 e. The first kappa shape index (κ1) is 17.2. The van der Waals surface area contributed by atoms with Gasteiger partial charge in [0, 0.05) is 26.2 Å². The van der Waals surface area contributed by atoms with Gasteiger partial charge in [-0.05, 0) is 32.8 Å². The highest BCUT2D eigenvalue weighted by molar-refractivity contribution is 5.30. The van der Waals surface area contributed by atoms with Gasteiger partial charge in [0.05, 0.1) is 12.7 Å². The van der Waals surface area contributed by atoms with Crippen LogP contribution in [0.25, 0.3) is 0 Å². The first-order chi connectivity index (χ1) is 9.47. The summed E-state index contributed by atoms with van der Waals surface area (Å²) in [5, 5.41) is 10.5. The zero-order chi connectivity index (χ0) is 15.1. The van der Waals surface area contributed by atoms with Crippen molar-refractivity contribution in [1.82, 2.24) is 4.90 Å². The lowest BCUT2D eigenvalue weighted by atomic mass is 10.0. The molecule has 3 heteroatoms. The van der Waals surface area contributed by atoms with Crippen LogP contribution < -0.4 is 0 Å². The quantitative estimate of drug-likeness (QED) is 0.794. The van der Waals surface area contributed by atoms with E-state index in [4.69, 9.17) is 4.74 Å². The molecule has 0 aliphatic carbocycles. The number of rotatable bonds is 8. The number of aliphatic hydroxyl groups excluding tert-OH is 1. The molecule has 114 valence electrons. The predicted molar refractivity (Wildman–Crippen MR) is 84.1 cm³/mol. The van der Waals surface area contributed by atoms with Crippen molar-refractivity contribution in [3.8, 4) is 0 Å². The highest BCUT2D eigenvalue weighted by Crippen LogP contribution is 2.19. The summed E-state index contributed by atoms with van der Waals surface area (Å²) in [6.45, 7) is 10.7. The monoisotopic (exact) mass is 279 g/mol. The molecule has 0 amide bonds. The molecule has 2 atom stereocenters. The second-order valence-electron chi connectivity index (χ2n) is 5.68. The molecular formula is C17H29NO2. The van der Waals surface area contributed by atoms with Crippen LogP contribution in [0.3, 0.4) is 0 Å². The van der Waals surface area contributed by atoms with Crippen LogP contribution in [0.15, 0.2) is 18.2 Å². The average molecular weight is 279 g/mol. The molecule has 0 heterocycles. The van der Waals surface area contributed by atoms with Crippen LogP contribution in [0.2, 0.25) is 0 Å². The van der Waals surface area contributed by atoms with E-state index in [0.717, 1.165) is 18.5 Å². The molecular weight excluding hydrogens is 250 g/mol. The van der Waals surface area contributed by atoms with Crippen molar-refractivity contribution in [3.05, 3.63) is 34.9 Å². The minimum absolute atomic E-state index is 0.445. The summed E-state index contributed by atoms with van der Waals surface area (Å²) in [6.07, 6.45) is 0.628. The van der Waals surface area contributed by atoms with Crippen LogP contribution in [0.5, 0.6) is 0 Å². The molecule has 0 fully saturated rings. The van der Waals surface area contributed by atoms with Gasteiger partial charge in [-0.25, -0.2) is 0 Å². The van der Waals surface area contributed by atoms with Gasteiger partial charge in [-0.1, -0.05) is 36.2 Å². The third-order valence-electron chi connectivity index (χ3n) is 3.83. The first-order valence-corrected chi connectivity index (χ1v) is 7.47. The number of nitrogens with zero attached hydrogens (tertiary/aromatic N) is 1. The molecule has 2 unspecified atom stereocenters. The predicted octanol–water partition coefficient (Wildman–Crippen LogP) is 3.08. The van der Waals surface area contributed by atoms with Gasteiger partial charge in [-0.2, -0.15) is 0 Å². The Labute approximate surface area is 123 Å². The number of methoxy groups -OCH3 is 1. The Morgan fingerprint density at radius 1 is 1.20 bits per heavy atom. The van der Waals surface area contributed by atoms with Crippen LogP contribution >= 0.6 is 0 Å². The smallest absolute Gasteiger partial charge is 0.0917 e. The third-order valence-corrected chi connectivity index (χ3v) is 3.83. The number of ether oxygens (including phenoxy) is 1. The average Bonchev–Trinajstić information content (AvgIpc) is 2.41. The summed E-state index contributed by atoms with van der Waals surface area (Å²) in [7, 11) is 1.72. The van der Waals surface area contributed by atoms with Crippen molar-refractivity contribution in [2.45, 2.75) is 46.3 Å². The minimum atomic E-state index is -0.445. The molecule has 3 nitrogen and oxygen atoms in total. The summed E-state index contributed by atoms with van der Waals surface area (Å²) in [5.41, 5.74) is 3.41. The Kier molecular flexibility index (Phi) is 7.20. The first-order valence-electron chi connectivity index (χ1n) is 7.47. The van der Waals surface area contributed by atoms with Crippen molar-refractivity contribution < 1.29 is 9.84 Å². The number of aryl methyl sites for hydroxylation is 2. The molecule has 20 heavy (non-hydrogen) atoms. The third kappa shape index (κ3) is 5.23. The van der Waals surface area contributed by atoms with Crippen LogP contribution in [0.1, 0.15) is 43.1 Å². The van der Waals surface area contributed by atoms with Gasteiger partial charge < -0.3 is 9.84 Å². The standard InChI is InChI=1S/C17H29NO2/c1-6-15(4)18(7-8-20-5)12-17(19)16-10-13(2)9-14(3)11-16/h9-11,15,17,19H,6-8,12H2,1-5H3. The van der Waals surface area contributed by atoms with Crippen LogP contribution in [0.4, 0.5) is 0 Å². The summed E-state index contributed by atoms with van der Waals surface area (Å²) >= 11 is 0. The minimum Gasteiger partial charge on any atom is -0.387 e. The van der Waals surface area contributed by atoms with E-state index >= 15 is 0 Å². The molecule has 0 aliphatic rings. The number of aliphatic hydroxyl groups is 1. The van der Waals surface area contributed by atoms with Gasteiger partial charge in [0.25, 0.3) is 0 Å². The van der Waals surface area contributed by atoms with E-state index in [1.54, 1.807) is 7.11 Å². The molecule has 0 bridgehead atoms. The lowest BCUT2D eigenvalue weighted by Gasteiger charge is -2.30. The highest BCUT2D eigenvalue weighted by atomic mass is 16.5. The topological polar surface area (TPSA) is 32.7 Å². The summed E-state index contributed by atoms with van der Waals surface area (Å²) in [4.78, 5) is 2.30. The maximum absolute atomic E-state index is 10.5. The van der Waals surface area contributed by atoms with Crippen molar-refractivity contribution in [1.29, 1.82) is 0 Å². The second kappa shape index (κ2) is 8.40. The van der Waals surface area contributed by atoms with Crippen molar-refractivity contribution in [3.63, 3.8) is 0 Å². The van der Waals surface area contributed by atoms with Crippen molar-refractivity contribution in [2.75, 3.05) is 26.8 Å². The molecule has 0 radical (unpaired) electrons. The van der Waals surface area contributed by atoms with Gasteiger partial charge in [0.1, 0.15) is 0 Å². The lowest BCUT2D eigenvalue weighted by Crippen LogP contribution is -2.38. The van der Waals surface area contributed by atoms with Crippen molar-refractivity contribution in [2.24, 2.45) is 0 Å². The molecule has 1 aromatic rings. The van der Waals surface area contributed by atoms with Gasteiger partial charge >= 0.3 is 0 Å². The number of hydrogen-bond acceptors (Lipinski definition) is 3. The van der Waals surface area contributed by atoms with Crippen LogP contribution in [-0.2, 0) is 4.74 Å².